The van der Waals surface area contributed by atoms with Crippen LogP contribution in [0, 0.1) is 0 Å². The van der Waals surface area contributed by atoms with Crippen LogP contribution in [-0.2, 0) is 12.4 Å². The Bertz CT molecular complexity index is 902. The summed E-state index contributed by atoms with van der Waals surface area (Å²) in [5.41, 5.74) is 2.73. The Balaban J connectivity index is 1.47. The minimum atomic E-state index is -0.123. The topological polar surface area (TPSA) is 38.3 Å². The normalized spacial score (nSPS) is 10.5. The average molecular weight is 412 g/mol. The van der Waals surface area contributed by atoms with Crippen molar-refractivity contribution in [1.29, 1.82) is 0 Å². The molecule has 0 spiro atoms. The molecule has 1 amide bonds. The molecule has 0 atom stereocenters. The maximum atomic E-state index is 12.5. The lowest BCUT2D eigenvalue weighted by Crippen LogP contribution is -2.26. The van der Waals surface area contributed by atoms with Crippen LogP contribution in [0.5, 0.6) is 5.75 Å². The predicted octanol–water partition coefficient (Wildman–Crippen LogP) is 5.58. The van der Waals surface area contributed by atoms with E-state index in [0.717, 1.165) is 27.7 Å². The van der Waals surface area contributed by atoms with Gasteiger partial charge in [-0.2, -0.15) is 11.8 Å². The number of hydrogen-bond acceptors (Lipinski definition) is 3. The van der Waals surface area contributed by atoms with Crippen LogP contribution in [0.15, 0.2) is 78.9 Å². The van der Waals surface area contributed by atoms with Crippen molar-refractivity contribution in [2.24, 2.45) is 0 Å². The van der Waals surface area contributed by atoms with Gasteiger partial charge in [0.05, 0.1) is 5.56 Å². The number of carbonyl (C=O) groups excluding carboxylic acids is 1. The summed E-state index contributed by atoms with van der Waals surface area (Å²) in [5.74, 6) is 2.10. The van der Waals surface area contributed by atoms with Crippen LogP contribution in [-0.4, -0.2) is 18.2 Å². The van der Waals surface area contributed by atoms with E-state index in [1.807, 2.05) is 72.8 Å². The van der Waals surface area contributed by atoms with Crippen LogP contribution in [0.1, 0.15) is 21.5 Å². The lowest BCUT2D eigenvalue weighted by Gasteiger charge is -2.12. The Morgan fingerprint density at radius 2 is 1.64 bits per heavy atom. The van der Waals surface area contributed by atoms with Crippen molar-refractivity contribution < 1.29 is 9.53 Å². The Kier molecular flexibility index (Phi) is 7.82. The van der Waals surface area contributed by atoms with Gasteiger partial charge in [-0.05, 0) is 29.3 Å². The molecular formula is C23H22ClNO2S. The quantitative estimate of drug-likeness (QED) is 0.467. The van der Waals surface area contributed by atoms with E-state index in [2.05, 4.69) is 5.32 Å². The van der Waals surface area contributed by atoms with E-state index < -0.39 is 0 Å². The monoisotopic (exact) mass is 411 g/mol. The highest BCUT2D eigenvalue weighted by molar-refractivity contribution is 7.98. The van der Waals surface area contributed by atoms with Gasteiger partial charge < -0.3 is 10.1 Å². The molecule has 28 heavy (non-hydrogen) atoms. The van der Waals surface area contributed by atoms with Gasteiger partial charge in [0.15, 0.2) is 0 Å². The standard InChI is InChI=1S/C23H22ClNO2S/c24-21-12-6-4-10-19(21)17-28-15-14-25-23(26)20-11-5-7-13-22(20)27-16-18-8-2-1-3-9-18/h1-13H,14-17H2,(H,25,26). The molecule has 0 bridgehead atoms. The van der Waals surface area contributed by atoms with Gasteiger partial charge in [-0.25, -0.2) is 0 Å². The van der Waals surface area contributed by atoms with Gasteiger partial charge in [0.1, 0.15) is 12.4 Å². The molecule has 5 heteroatoms. The van der Waals surface area contributed by atoms with Crippen molar-refractivity contribution in [3.63, 3.8) is 0 Å². The van der Waals surface area contributed by atoms with E-state index in [0.29, 0.717) is 24.5 Å². The van der Waals surface area contributed by atoms with Crippen LogP contribution >= 0.6 is 23.4 Å². The third-order valence-corrected chi connectivity index (χ3v) is 5.49. The van der Waals surface area contributed by atoms with E-state index in [-0.39, 0.29) is 5.91 Å². The predicted molar refractivity (Wildman–Crippen MR) is 117 cm³/mol. The third kappa shape index (κ3) is 6.04. The molecule has 1 N–H and O–H groups in total. The smallest absolute Gasteiger partial charge is 0.255 e. The molecule has 3 aromatic carbocycles. The first-order chi connectivity index (χ1) is 13.7. The Labute approximate surface area is 175 Å². The van der Waals surface area contributed by atoms with Gasteiger partial charge in [0.2, 0.25) is 0 Å². The molecule has 0 aliphatic heterocycles. The Morgan fingerprint density at radius 1 is 0.929 bits per heavy atom. The minimum Gasteiger partial charge on any atom is -0.488 e. The number of nitrogens with one attached hydrogen (secondary N) is 1. The van der Waals surface area contributed by atoms with Gasteiger partial charge in [-0.1, -0.05) is 72.3 Å². The summed E-state index contributed by atoms with van der Waals surface area (Å²) in [6, 6.07) is 25.1. The highest BCUT2D eigenvalue weighted by Crippen LogP contribution is 2.21. The molecule has 0 radical (unpaired) electrons. The zero-order chi connectivity index (χ0) is 19.6. The molecule has 0 saturated carbocycles. The number of hydrogen-bond donors (Lipinski definition) is 1. The molecule has 3 aromatic rings. The van der Waals surface area contributed by atoms with Crippen LogP contribution in [0.4, 0.5) is 0 Å². The zero-order valence-corrected chi connectivity index (χ0v) is 17.0. The molecular weight excluding hydrogens is 390 g/mol. The van der Waals surface area contributed by atoms with Crippen molar-refractivity contribution in [3.05, 3.63) is 101 Å². The highest BCUT2D eigenvalue weighted by Gasteiger charge is 2.11. The maximum Gasteiger partial charge on any atom is 0.255 e. The zero-order valence-electron chi connectivity index (χ0n) is 15.4. The third-order valence-electron chi connectivity index (χ3n) is 4.12. The molecule has 144 valence electrons. The summed E-state index contributed by atoms with van der Waals surface area (Å²) in [7, 11) is 0. The van der Waals surface area contributed by atoms with Crippen LogP contribution in [0.25, 0.3) is 0 Å². The fraction of sp³-hybridized carbons (Fsp3) is 0.174. The highest BCUT2D eigenvalue weighted by atomic mass is 35.5. The van der Waals surface area contributed by atoms with Gasteiger partial charge >= 0.3 is 0 Å². The number of halogens is 1. The van der Waals surface area contributed by atoms with E-state index in [4.69, 9.17) is 16.3 Å². The number of benzene rings is 3. The Hall–Kier alpha value is -2.43. The second-order valence-corrected chi connectivity index (χ2v) is 7.68. The number of amides is 1. The van der Waals surface area contributed by atoms with Gasteiger partial charge in [-0.15, -0.1) is 0 Å². The average Bonchev–Trinajstić information content (AvgIpc) is 2.74. The Morgan fingerprint density at radius 3 is 2.46 bits per heavy atom. The number of rotatable bonds is 9. The molecule has 0 aliphatic carbocycles. The summed E-state index contributed by atoms with van der Waals surface area (Å²) < 4.78 is 5.86. The van der Waals surface area contributed by atoms with Crippen LogP contribution in [0.3, 0.4) is 0 Å². The summed E-state index contributed by atoms with van der Waals surface area (Å²) >= 11 is 7.90. The van der Waals surface area contributed by atoms with Crippen molar-refractivity contribution in [2.45, 2.75) is 12.4 Å². The fourth-order valence-electron chi connectivity index (χ4n) is 2.64. The molecule has 0 heterocycles. The molecule has 0 aromatic heterocycles. The molecule has 3 nitrogen and oxygen atoms in total. The molecule has 0 saturated heterocycles. The largest absolute Gasteiger partial charge is 0.488 e. The van der Waals surface area contributed by atoms with Gasteiger partial charge in [0, 0.05) is 23.1 Å². The lowest BCUT2D eigenvalue weighted by atomic mass is 10.2. The number of ether oxygens (including phenoxy) is 1. The van der Waals surface area contributed by atoms with E-state index in [1.165, 1.54) is 0 Å². The second-order valence-electron chi connectivity index (χ2n) is 6.17. The van der Waals surface area contributed by atoms with Gasteiger partial charge in [0.25, 0.3) is 5.91 Å². The van der Waals surface area contributed by atoms with Crippen LogP contribution in [0.2, 0.25) is 5.02 Å². The summed E-state index contributed by atoms with van der Waals surface area (Å²) in [6.07, 6.45) is 0. The van der Waals surface area contributed by atoms with Crippen LogP contribution < -0.4 is 10.1 Å². The van der Waals surface area contributed by atoms with Crippen molar-refractivity contribution in [1.82, 2.24) is 5.32 Å². The first-order valence-electron chi connectivity index (χ1n) is 9.09. The SMILES string of the molecule is O=C(NCCSCc1ccccc1Cl)c1ccccc1OCc1ccccc1. The molecule has 0 unspecified atom stereocenters. The van der Waals surface area contributed by atoms with E-state index >= 15 is 0 Å². The number of carbonyl (C=O) groups is 1. The van der Waals surface area contributed by atoms with Crippen molar-refractivity contribution >= 4 is 29.3 Å². The molecule has 3 rings (SSSR count). The lowest BCUT2D eigenvalue weighted by molar-refractivity contribution is 0.0951. The van der Waals surface area contributed by atoms with Crippen molar-refractivity contribution in [3.8, 4) is 5.75 Å². The molecule has 0 aliphatic rings. The van der Waals surface area contributed by atoms with Gasteiger partial charge in [-0.3, -0.25) is 4.79 Å². The van der Waals surface area contributed by atoms with Crippen molar-refractivity contribution in [2.75, 3.05) is 12.3 Å². The first kappa shape index (κ1) is 20.3. The fourth-order valence-corrected chi connectivity index (χ4v) is 3.79. The maximum absolute atomic E-state index is 12.5. The number of thioether (sulfide) groups is 1. The minimum absolute atomic E-state index is 0.123. The summed E-state index contributed by atoms with van der Waals surface area (Å²) in [6.45, 7) is 1.01. The van der Waals surface area contributed by atoms with E-state index in [1.54, 1.807) is 17.8 Å². The summed E-state index contributed by atoms with van der Waals surface area (Å²) in [5, 5.41) is 3.75. The second kappa shape index (κ2) is 10.8. The van der Waals surface area contributed by atoms with E-state index in [9.17, 15) is 4.79 Å². The first-order valence-corrected chi connectivity index (χ1v) is 10.6. The molecule has 0 fully saturated rings. The summed E-state index contributed by atoms with van der Waals surface area (Å²) in [4.78, 5) is 12.5. The number of para-hydroxylation sites is 1.